The molecule has 0 spiro atoms. The van der Waals surface area contributed by atoms with E-state index in [1.165, 1.54) is 0 Å². The van der Waals surface area contributed by atoms with Crippen LogP contribution in [0.25, 0.3) is 0 Å². The Labute approximate surface area is 153 Å². The number of fused-ring (bicyclic) bond motifs is 1. The van der Waals surface area contributed by atoms with Crippen molar-refractivity contribution in [3.8, 4) is 11.5 Å². The molecule has 0 bridgehead atoms. The number of ether oxygens (including phenoxy) is 2. The molecule has 0 radical (unpaired) electrons. The molecule has 138 valence electrons. The Kier molecular flexibility index (Phi) is 5.94. The number of anilines is 1. The highest BCUT2D eigenvalue weighted by Crippen LogP contribution is 2.35. The molecule has 2 N–H and O–H groups in total. The summed E-state index contributed by atoms with van der Waals surface area (Å²) in [6.45, 7) is 3.78. The summed E-state index contributed by atoms with van der Waals surface area (Å²) < 4.78 is 11.1. The van der Waals surface area contributed by atoms with Gasteiger partial charge in [-0.3, -0.25) is 4.79 Å². The largest absolute Gasteiger partial charge is 0.493 e. The lowest BCUT2D eigenvalue weighted by atomic mass is 9.95. The Morgan fingerprint density at radius 3 is 2.96 bits per heavy atom. The first kappa shape index (κ1) is 18.0. The van der Waals surface area contributed by atoms with Crippen LogP contribution in [0, 0.1) is 12.8 Å². The number of nitrogens with zero attached hydrogens (tertiary/aromatic N) is 1. The van der Waals surface area contributed by atoms with Crippen molar-refractivity contribution in [2.24, 2.45) is 5.92 Å². The molecule has 0 fully saturated rings. The molecule has 0 saturated heterocycles. The van der Waals surface area contributed by atoms with E-state index in [2.05, 4.69) is 15.6 Å². The van der Waals surface area contributed by atoms with E-state index >= 15 is 0 Å². The number of hydrogen-bond donors (Lipinski definition) is 2. The van der Waals surface area contributed by atoms with Crippen LogP contribution in [0.3, 0.4) is 0 Å². The Balaban J connectivity index is 1.40. The molecular weight excluding hydrogens is 330 g/mol. The van der Waals surface area contributed by atoms with Crippen molar-refractivity contribution < 1.29 is 14.3 Å². The number of pyridine rings is 1. The number of amides is 1. The van der Waals surface area contributed by atoms with Gasteiger partial charge in [-0.15, -0.1) is 0 Å². The van der Waals surface area contributed by atoms with Crippen molar-refractivity contribution in [2.45, 2.75) is 19.8 Å². The van der Waals surface area contributed by atoms with Crippen LogP contribution in [0.4, 0.5) is 5.82 Å². The molecule has 6 nitrogen and oxygen atoms in total. The van der Waals surface area contributed by atoms with Gasteiger partial charge in [-0.1, -0.05) is 18.2 Å². The fourth-order valence-electron chi connectivity index (χ4n) is 2.96. The van der Waals surface area contributed by atoms with E-state index in [0.717, 1.165) is 41.4 Å². The topological polar surface area (TPSA) is 72.5 Å². The second kappa shape index (κ2) is 8.56. The smallest absolute Gasteiger partial charge is 0.226 e. The number of carbonyl (C=O) groups is 1. The standard InChI is InChI=1S/C20H25N3O3/c1-14-7-8-18(23-12-14)21-9-4-10-22-20(24)16-11-15-5-3-6-17(25-2)19(15)26-13-16/h3,5-8,12,16H,4,9-11,13H2,1-2H3,(H,21,23)(H,22,24)/t16-/m0/s1. The summed E-state index contributed by atoms with van der Waals surface area (Å²) in [5.74, 6) is 2.20. The SMILES string of the molecule is COc1cccc2c1OC[C@@H](C(=O)NCCCNc1ccc(C)cn1)C2. The summed E-state index contributed by atoms with van der Waals surface area (Å²) in [6, 6.07) is 9.75. The number of benzene rings is 1. The number of aromatic nitrogens is 1. The average Bonchev–Trinajstić information content (AvgIpc) is 2.68. The van der Waals surface area contributed by atoms with Gasteiger partial charge < -0.3 is 20.1 Å². The molecule has 1 aliphatic heterocycles. The van der Waals surface area contributed by atoms with Gasteiger partial charge >= 0.3 is 0 Å². The van der Waals surface area contributed by atoms with Crippen molar-refractivity contribution in [1.82, 2.24) is 10.3 Å². The van der Waals surface area contributed by atoms with Gasteiger partial charge in [0, 0.05) is 19.3 Å². The van der Waals surface area contributed by atoms with Crippen molar-refractivity contribution in [1.29, 1.82) is 0 Å². The third-order valence-corrected chi connectivity index (χ3v) is 4.42. The number of para-hydroxylation sites is 1. The molecular formula is C20H25N3O3. The zero-order valence-electron chi connectivity index (χ0n) is 15.2. The number of carbonyl (C=O) groups excluding carboxylic acids is 1. The van der Waals surface area contributed by atoms with Crippen LogP contribution in [0.2, 0.25) is 0 Å². The quantitative estimate of drug-likeness (QED) is 0.747. The summed E-state index contributed by atoms with van der Waals surface area (Å²) in [5, 5.41) is 6.25. The van der Waals surface area contributed by atoms with Gasteiger partial charge in [0.15, 0.2) is 11.5 Å². The van der Waals surface area contributed by atoms with Gasteiger partial charge in [0.1, 0.15) is 12.4 Å². The number of nitrogens with one attached hydrogen (secondary N) is 2. The molecule has 0 unspecified atom stereocenters. The number of rotatable bonds is 7. The normalized spacial score (nSPS) is 15.5. The number of hydrogen-bond acceptors (Lipinski definition) is 5. The number of aryl methyl sites for hydroxylation is 1. The molecule has 1 aromatic carbocycles. The number of methoxy groups -OCH3 is 1. The first-order valence-electron chi connectivity index (χ1n) is 8.90. The molecule has 1 atom stereocenters. The van der Waals surface area contributed by atoms with Crippen molar-refractivity contribution in [2.75, 3.05) is 32.1 Å². The average molecular weight is 355 g/mol. The molecule has 1 aliphatic rings. The summed E-state index contributed by atoms with van der Waals surface area (Å²) in [4.78, 5) is 16.7. The molecule has 2 heterocycles. The summed E-state index contributed by atoms with van der Waals surface area (Å²) in [7, 11) is 1.62. The molecule has 1 amide bonds. The predicted molar refractivity (Wildman–Crippen MR) is 101 cm³/mol. The van der Waals surface area contributed by atoms with E-state index in [1.807, 2.05) is 43.5 Å². The highest BCUT2D eigenvalue weighted by molar-refractivity contribution is 5.79. The minimum atomic E-state index is -0.165. The lowest BCUT2D eigenvalue weighted by Crippen LogP contribution is -2.38. The van der Waals surface area contributed by atoms with Crippen molar-refractivity contribution >= 4 is 11.7 Å². The Hall–Kier alpha value is -2.76. The maximum Gasteiger partial charge on any atom is 0.226 e. The third kappa shape index (κ3) is 4.45. The van der Waals surface area contributed by atoms with Crippen LogP contribution in [-0.4, -0.2) is 37.7 Å². The molecule has 26 heavy (non-hydrogen) atoms. The van der Waals surface area contributed by atoms with E-state index in [9.17, 15) is 4.79 Å². The molecule has 2 aromatic rings. The summed E-state index contributed by atoms with van der Waals surface area (Å²) in [5.41, 5.74) is 2.15. The van der Waals surface area contributed by atoms with Gasteiger partial charge in [0.2, 0.25) is 5.91 Å². The second-order valence-corrected chi connectivity index (χ2v) is 6.45. The van der Waals surface area contributed by atoms with Gasteiger partial charge in [0.05, 0.1) is 13.0 Å². The first-order chi connectivity index (χ1) is 12.7. The maximum atomic E-state index is 12.4. The van der Waals surface area contributed by atoms with Crippen LogP contribution < -0.4 is 20.1 Å². The van der Waals surface area contributed by atoms with Crippen LogP contribution in [0.1, 0.15) is 17.5 Å². The summed E-state index contributed by atoms with van der Waals surface area (Å²) >= 11 is 0. The van der Waals surface area contributed by atoms with E-state index < -0.39 is 0 Å². The first-order valence-corrected chi connectivity index (χ1v) is 8.90. The van der Waals surface area contributed by atoms with E-state index in [0.29, 0.717) is 19.6 Å². The molecule has 1 aromatic heterocycles. The third-order valence-electron chi connectivity index (χ3n) is 4.42. The van der Waals surface area contributed by atoms with Gasteiger partial charge in [-0.05, 0) is 43.0 Å². The highest BCUT2D eigenvalue weighted by atomic mass is 16.5. The highest BCUT2D eigenvalue weighted by Gasteiger charge is 2.27. The second-order valence-electron chi connectivity index (χ2n) is 6.45. The van der Waals surface area contributed by atoms with Crippen LogP contribution in [-0.2, 0) is 11.2 Å². The fourth-order valence-corrected chi connectivity index (χ4v) is 2.96. The van der Waals surface area contributed by atoms with Crippen LogP contribution in [0.15, 0.2) is 36.5 Å². The molecule has 0 saturated carbocycles. The minimum Gasteiger partial charge on any atom is -0.493 e. The van der Waals surface area contributed by atoms with E-state index in [-0.39, 0.29) is 11.8 Å². The summed E-state index contributed by atoms with van der Waals surface area (Å²) in [6.07, 6.45) is 3.34. The van der Waals surface area contributed by atoms with Gasteiger partial charge in [-0.25, -0.2) is 4.98 Å². The zero-order valence-corrected chi connectivity index (χ0v) is 15.2. The van der Waals surface area contributed by atoms with Crippen molar-refractivity contribution in [3.63, 3.8) is 0 Å². The maximum absolute atomic E-state index is 12.4. The molecule has 3 rings (SSSR count). The molecule has 0 aliphatic carbocycles. The monoisotopic (exact) mass is 355 g/mol. The zero-order chi connectivity index (χ0) is 18.4. The minimum absolute atomic E-state index is 0.0342. The van der Waals surface area contributed by atoms with E-state index in [1.54, 1.807) is 7.11 Å². The van der Waals surface area contributed by atoms with Gasteiger partial charge in [-0.2, -0.15) is 0 Å². The van der Waals surface area contributed by atoms with E-state index in [4.69, 9.17) is 9.47 Å². The Morgan fingerprint density at radius 1 is 1.31 bits per heavy atom. The Morgan fingerprint density at radius 2 is 2.19 bits per heavy atom. The Bertz CT molecular complexity index is 746. The lowest BCUT2D eigenvalue weighted by Gasteiger charge is -2.25. The van der Waals surface area contributed by atoms with Crippen molar-refractivity contribution in [3.05, 3.63) is 47.7 Å². The van der Waals surface area contributed by atoms with Crippen LogP contribution >= 0.6 is 0 Å². The lowest BCUT2D eigenvalue weighted by molar-refractivity contribution is -0.126. The van der Waals surface area contributed by atoms with Crippen LogP contribution in [0.5, 0.6) is 11.5 Å². The fraction of sp³-hybridized carbons (Fsp3) is 0.400. The predicted octanol–water partition coefficient (Wildman–Crippen LogP) is 2.57. The van der Waals surface area contributed by atoms with Gasteiger partial charge in [0.25, 0.3) is 0 Å². The molecule has 6 heteroatoms.